The average molecular weight is 386 g/mol. The van der Waals surface area contributed by atoms with Crippen LogP contribution in [0, 0.1) is 0 Å². The van der Waals surface area contributed by atoms with Crippen molar-refractivity contribution in [3.05, 3.63) is 72.1 Å². The zero-order valence-corrected chi connectivity index (χ0v) is 15.4. The Morgan fingerprint density at radius 3 is 2.61 bits per heavy atom. The first kappa shape index (κ1) is 16.4. The summed E-state index contributed by atoms with van der Waals surface area (Å²) in [7, 11) is 0. The van der Waals surface area contributed by atoms with Gasteiger partial charge in [0.05, 0.1) is 10.6 Å². The number of aromatic nitrogens is 5. The van der Waals surface area contributed by atoms with Crippen molar-refractivity contribution < 1.29 is 4.52 Å². The molecule has 0 saturated carbocycles. The van der Waals surface area contributed by atoms with Gasteiger partial charge in [0.25, 0.3) is 5.89 Å². The zero-order chi connectivity index (χ0) is 18.9. The van der Waals surface area contributed by atoms with Crippen LogP contribution < -0.4 is 5.73 Å². The summed E-state index contributed by atoms with van der Waals surface area (Å²) in [5.74, 6) is 1.09. The van der Waals surface area contributed by atoms with Crippen LogP contribution in [0.4, 0.5) is 5.82 Å². The number of nitrogens with zero attached hydrogens (tertiary/aromatic N) is 5. The minimum absolute atomic E-state index is 0.242. The molecule has 0 aliphatic rings. The molecule has 0 aliphatic heterocycles. The molecule has 0 bridgehead atoms. The number of nitrogens with two attached hydrogens (primary N) is 1. The summed E-state index contributed by atoms with van der Waals surface area (Å²) in [6.45, 7) is 0. The SMILES string of the molecule is Nc1c(-c2nc(-c3cccs3)no2)nnn1-c1cccc(-c2ccccc2)c1. The van der Waals surface area contributed by atoms with Gasteiger partial charge in [-0.2, -0.15) is 9.67 Å². The lowest BCUT2D eigenvalue weighted by Gasteiger charge is -2.06. The number of hydrogen-bond donors (Lipinski definition) is 1. The van der Waals surface area contributed by atoms with Crippen molar-refractivity contribution in [1.29, 1.82) is 0 Å². The number of benzene rings is 2. The van der Waals surface area contributed by atoms with Crippen molar-refractivity contribution in [3.8, 4) is 39.1 Å². The van der Waals surface area contributed by atoms with E-state index in [9.17, 15) is 0 Å². The van der Waals surface area contributed by atoms with Crippen molar-refractivity contribution in [2.24, 2.45) is 0 Å². The van der Waals surface area contributed by atoms with Crippen LogP contribution in [0.2, 0.25) is 0 Å². The average Bonchev–Trinajstić information content (AvgIpc) is 3.49. The minimum Gasteiger partial charge on any atom is -0.382 e. The molecule has 8 heteroatoms. The highest BCUT2D eigenvalue weighted by Crippen LogP contribution is 2.29. The molecular weight excluding hydrogens is 372 g/mol. The Labute approximate surface area is 164 Å². The summed E-state index contributed by atoms with van der Waals surface area (Å²) in [6.07, 6.45) is 0. The van der Waals surface area contributed by atoms with Gasteiger partial charge in [-0.05, 0) is 34.7 Å². The normalized spacial score (nSPS) is 11.0. The van der Waals surface area contributed by atoms with Gasteiger partial charge in [-0.15, -0.1) is 16.4 Å². The maximum Gasteiger partial charge on any atom is 0.282 e. The molecule has 0 radical (unpaired) electrons. The van der Waals surface area contributed by atoms with Crippen LogP contribution in [0.3, 0.4) is 0 Å². The molecule has 0 atom stereocenters. The Balaban J connectivity index is 1.51. The lowest BCUT2D eigenvalue weighted by atomic mass is 10.1. The van der Waals surface area contributed by atoms with Crippen LogP contribution in [0.15, 0.2) is 76.6 Å². The first-order chi connectivity index (χ1) is 13.8. The minimum atomic E-state index is 0.242. The molecule has 2 N–H and O–H groups in total. The van der Waals surface area contributed by atoms with Crippen LogP contribution in [-0.2, 0) is 0 Å². The summed E-state index contributed by atoms with van der Waals surface area (Å²) in [4.78, 5) is 5.31. The molecule has 0 unspecified atom stereocenters. The Morgan fingerprint density at radius 1 is 0.929 bits per heavy atom. The Hall–Kier alpha value is -3.78. The monoisotopic (exact) mass is 386 g/mol. The van der Waals surface area contributed by atoms with Gasteiger partial charge in [0.2, 0.25) is 5.82 Å². The third-order valence-corrected chi connectivity index (χ3v) is 5.14. The summed E-state index contributed by atoms with van der Waals surface area (Å²) < 4.78 is 6.91. The smallest absolute Gasteiger partial charge is 0.282 e. The van der Waals surface area contributed by atoms with E-state index < -0.39 is 0 Å². The first-order valence-corrected chi connectivity index (χ1v) is 9.42. The molecule has 0 saturated heterocycles. The number of thiophene rings is 1. The van der Waals surface area contributed by atoms with Crippen molar-refractivity contribution >= 4 is 17.2 Å². The molecule has 2 aromatic carbocycles. The number of rotatable bonds is 4. The Morgan fingerprint density at radius 2 is 1.79 bits per heavy atom. The van der Waals surface area contributed by atoms with Crippen LogP contribution in [0.5, 0.6) is 0 Å². The summed E-state index contributed by atoms with van der Waals surface area (Å²) >= 11 is 1.53. The molecule has 5 aromatic rings. The van der Waals surface area contributed by atoms with E-state index in [-0.39, 0.29) is 5.89 Å². The third kappa shape index (κ3) is 2.85. The fourth-order valence-electron chi connectivity index (χ4n) is 2.91. The molecule has 7 nitrogen and oxygen atoms in total. The number of anilines is 1. The highest BCUT2D eigenvalue weighted by molar-refractivity contribution is 7.13. The molecule has 3 heterocycles. The topological polar surface area (TPSA) is 95.7 Å². The molecule has 3 aromatic heterocycles. The van der Waals surface area contributed by atoms with Gasteiger partial charge in [0.15, 0.2) is 11.5 Å². The van der Waals surface area contributed by atoms with Gasteiger partial charge in [-0.3, -0.25) is 0 Å². The maximum absolute atomic E-state index is 6.30. The molecule has 0 aliphatic carbocycles. The van der Waals surface area contributed by atoms with Gasteiger partial charge < -0.3 is 10.3 Å². The van der Waals surface area contributed by atoms with Crippen molar-refractivity contribution in [2.45, 2.75) is 0 Å². The van der Waals surface area contributed by atoms with Gasteiger partial charge in [0.1, 0.15) is 0 Å². The van der Waals surface area contributed by atoms with Crippen LogP contribution in [0.25, 0.3) is 39.1 Å². The molecule has 0 amide bonds. The van der Waals surface area contributed by atoms with Crippen LogP contribution in [0.1, 0.15) is 0 Å². The summed E-state index contributed by atoms with van der Waals surface area (Å²) in [5, 5.41) is 14.3. The van der Waals surface area contributed by atoms with E-state index in [2.05, 4.69) is 32.6 Å². The van der Waals surface area contributed by atoms with Crippen molar-refractivity contribution in [1.82, 2.24) is 25.1 Å². The Bertz CT molecular complexity index is 1230. The van der Waals surface area contributed by atoms with Gasteiger partial charge in [-0.25, -0.2) is 0 Å². The second-order valence-electron chi connectivity index (χ2n) is 6.05. The first-order valence-electron chi connectivity index (χ1n) is 8.54. The van der Waals surface area contributed by atoms with Crippen molar-refractivity contribution in [2.75, 3.05) is 5.73 Å². The third-order valence-electron chi connectivity index (χ3n) is 4.27. The van der Waals surface area contributed by atoms with Gasteiger partial charge in [0, 0.05) is 0 Å². The van der Waals surface area contributed by atoms with Gasteiger partial charge in [-0.1, -0.05) is 58.9 Å². The molecule has 28 heavy (non-hydrogen) atoms. The predicted octanol–water partition coefficient (Wildman–Crippen LogP) is 4.30. The zero-order valence-electron chi connectivity index (χ0n) is 14.6. The van der Waals surface area contributed by atoms with Gasteiger partial charge >= 0.3 is 0 Å². The molecular formula is C20H14N6OS. The molecule has 0 fully saturated rings. The van der Waals surface area contributed by atoms with E-state index in [1.165, 1.54) is 11.3 Å². The van der Waals surface area contributed by atoms with E-state index in [1.807, 2.05) is 60.0 Å². The lowest BCUT2D eigenvalue weighted by Crippen LogP contribution is -2.02. The lowest BCUT2D eigenvalue weighted by molar-refractivity contribution is 0.431. The predicted molar refractivity (Wildman–Crippen MR) is 108 cm³/mol. The summed E-state index contributed by atoms with van der Waals surface area (Å²) in [5.41, 5.74) is 9.63. The van der Waals surface area contributed by atoms with Crippen molar-refractivity contribution in [3.63, 3.8) is 0 Å². The van der Waals surface area contributed by atoms with E-state index in [4.69, 9.17) is 10.3 Å². The van der Waals surface area contributed by atoms with Crippen LogP contribution in [-0.4, -0.2) is 25.1 Å². The van der Waals surface area contributed by atoms with E-state index in [0.717, 1.165) is 21.7 Å². The van der Waals surface area contributed by atoms with Crippen LogP contribution >= 0.6 is 11.3 Å². The largest absolute Gasteiger partial charge is 0.382 e. The second-order valence-corrected chi connectivity index (χ2v) is 7.00. The summed E-state index contributed by atoms with van der Waals surface area (Å²) in [6, 6.07) is 21.9. The van der Waals surface area contributed by atoms with E-state index in [1.54, 1.807) is 4.68 Å². The molecule has 136 valence electrons. The number of hydrogen-bond acceptors (Lipinski definition) is 7. The Kier molecular flexibility index (Phi) is 3.95. The standard InChI is InChI=1S/C20H14N6OS/c21-18-17(20-22-19(24-27-20)16-10-5-11-28-16)23-25-26(18)15-9-4-8-14(12-15)13-6-2-1-3-7-13/h1-12H,21H2. The maximum atomic E-state index is 6.30. The molecule has 0 spiro atoms. The quantitative estimate of drug-likeness (QED) is 0.495. The number of nitrogen functional groups attached to an aromatic ring is 1. The fraction of sp³-hybridized carbons (Fsp3) is 0. The van der Waals surface area contributed by atoms with E-state index >= 15 is 0 Å². The highest BCUT2D eigenvalue weighted by atomic mass is 32.1. The second kappa shape index (κ2) is 6.75. The fourth-order valence-corrected chi connectivity index (χ4v) is 3.55. The van der Waals surface area contributed by atoms with E-state index in [0.29, 0.717) is 17.3 Å². The molecule has 5 rings (SSSR count). The highest BCUT2D eigenvalue weighted by Gasteiger charge is 2.20.